The zero-order chi connectivity index (χ0) is 19.4. The van der Waals surface area contributed by atoms with E-state index in [4.69, 9.17) is 10.00 Å². The maximum Gasteiger partial charge on any atom is 0.306 e. The van der Waals surface area contributed by atoms with Crippen LogP contribution in [0.4, 0.5) is 5.69 Å². The molecule has 2 N–H and O–H groups in total. The van der Waals surface area contributed by atoms with Gasteiger partial charge >= 0.3 is 5.97 Å². The zero-order valence-electron chi connectivity index (χ0n) is 14.6. The van der Waals surface area contributed by atoms with Crippen LogP contribution in [0.15, 0.2) is 42.5 Å². The fraction of sp³-hybridized carbons (Fsp3) is 0.250. The lowest BCUT2D eigenvalue weighted by atomic mass is 9.90. The Hall–Kier alpha value is -3.37. The van der Waals surface area contributed by atoms with Gasteiger partial charge in [-0.15, -0.1) is 0 Å². The van der Waals surface area contributed by atoms with Crippen molar-refractivity contribution >= 4 is 17.6 Å². The number of aliphatic hydroxyl groups is 1. The molecular weight excluding hydrogens is 348 g/mol. The molecular formula is C20H18N2O5. The molecule has 0 bridgehead atoms. The summed E-state index contributed by atoms with van der Waals surface area (Å²) in [7, 11) is 1.29. The van der Waals surface area contributed by atoms with Gasteiger partial charge in [-0.05, 0) is 42.5 Å². The molecule has 0 spiro atoms. The number of ether oxygens (including phenoxy) is 2. The fourth-order valence-corrected chi connectivity index (χ4v) is 2.90. The Morgan fingerprint density at radius 3 is 2.70 bits per heavy atom. The zero-order valence-corrected chi connectivity index (χ0v) is 14.6. The molecule has 0 saturated carbocycles. The van der Waals surface area contributed by atoms with E-state index in [0.29, 0.717) is 28.1 Å². The molecule has 1 aliphatic heterocycles. The van der Waals surface area contributed by atoms with Crippen LogP contribution in [-0.4, -0.2) is 30.7 Å². The number of aliphatic hydroxyl groups excluding tert-OH is 1. The van der Waals surface area contributed by atoms with Crippen molar-refractivity contribution < 1.29 is 24.2 Å². The van der Waals surface area contributed by atoms with Crippen molar-refractivity contribution in [3.05, 3.63) is 59.2 Å². The molecule has 0 radical (unpaired) electrons. The Morgan fingerprint density at radius 2 is 2.04 bits per heavy atom. The van der Waals surface area contributed by atoms with E-state index in [0.717, 1.165) is 0 Å². The van der Waals surface area contributed by atoms with E-state index in [2.05, 4.69) is 10.1 Å². The van der Waals surface area contributed by atoms with Gasteiger partial charge in [-0.25, -0.2) is 0 Å². The Labute approximate surface area is 156 Å². The lowest BCUT2D eigenvalue weighted by Crippen LogP contribution is -2.28. The summed E-state index contributed by atoms with van der Waals surface area (Å²) in [4.78, 5) is 23.8. The van der Waals surface area contributed by atoms with Gasteiger partial charge in [0.15, 0.2) is 0 Å². The number of fused-ring (bicyclic) bond motifs is 1. The number of nitrogens with zero attached hydrogens (tertiary/aromatic N) is 1. The SMILES string of the molecule is COC(=O)CC1COc2ccc(NC(=O)c3ccc(C#N)cc3)cc2C1O. The van der Waals surface area contributed by atoms with Crippen molar-refractivity contribution in [2.24, 2.45) is 5.92 Å². The van der Waals surface area contributed by atoms with Crippen molar-refractivity contribution in [1.82, 2.24) is 0 Å². The summed E-state index contributed by atoms with van der Waals surface area (Å²) in [6, 6.07) is 13.2. The third kappa shape index (κ3) is 4.07. The van der Waals surface area contributed by atoms with Gasteiger partial charge in [0.1, 0.15) is 5.75 Å². The molecule has 1 aliphatic rings. The standard InChI is InChI=1S/C20H18N2O5/c1-26-18(23)8-14-11-27-17-7-6-15(9-16(17)19(14)24)22-20(25)13-4-2-12(10-21)3-5-13/h2-7,9,14,19,24H,8,11H2,1H3,(H,22,25). The summed E-state index contributed by atoms with van der Waals surface area (Å²) in [5.41, 5.74) is 1.88. The van der Waals surface area contributed by atoms with Gasteiger partial charge in [-0.2, -0.15) is 5.26 Å². The number of esters is 1. The van der Waals surface area contributed by atoms with Crippen LogP contribution >= 0.6 is 0 Å². The van der Waals surface area contributed by atoms with E-state index >= 15 is 0 Å². The molecule has 0 aliphatic carbocycles. The van der Waals surface area contributed by atoms with Crippen LogP contribution in [0.2, 0.25) is 0 Å². The number of hydrogen-bond acceptors (Lipinski definition) is 6. The number of amides is 1. The molecule has 2 atom stereocenters. The van der Waals surface area contributed by atoms with Crippen LogP contribution in [0.1, 0.15) is 34.0 Å². The van der Waals surface area contributed by atoms with Gasteiger partial charge in [0.25, 0.3) is 5.91 Å². The molecule has 138 valence electrons. The molecule has 2 unspecified atom stereocenters. The van der Waals surface area contributed by atoms with Crippen molar-refractivity contribution in [3.8, 4) is 11.8 Å². The molecule has 0 saturated heterocycles. The van der Waals surface area contributed by atoms with E-state index in [1.807, 2.05) is 6.07 Å². The molecule has 27 heavy (non-hydrogen) atoms. The summed E-state index contributed by atoms with van der Waals surface area (Å²) >= 11 is 0. The highest BCUT2D eigenvalue weighted by Crippen LogP contribution is 2.38. The third-order valence-electron chi connectivity index (χ3n) is 4.42. The predicted octanol–water partition coefficient (Wildman–Crippen LogP) is 2.42. The molecule has 7 heteroatoms. The number of nitriles is 1. The Kier molecular flexibility index (Phi) is 5.38. The van der Waals surface area contributed by atoms with E-state index in [9.17, 15) is 14.7 Å². The number of carbonyl (C=O) groups excluding carboxylic acids is 2. The highest BCUT2D eigenvalue weighted by Gasteiger charge is 2.31. The topological polar surface area (TPSA) is 109 Å². The summed E-state index contributed by atoms with van der Waals surface area (Å²) in [6.45, 7) is 0.209. The molecule has 3 rings (SSSR count). The van der Waals surface area contributed by atoms with Gasteiger partial charge in [-0.3, -0.25) is 9.59 Å². The maximum atomic E-state index is 12.4. The third-order valence-corrected chi connectivity index (χ3v) is 4.42. The largest absolute Gasteiger partial charge is 0.493 e. The number of nitrogens with one attached hydrogen (secondary N) is 1. The Bertz CT molecular complexity index is 902. The lowest BCUT2D eigenvalue weighted by molar-refractivity contribution is -0.143. The Balaban J connectivity index is 1.76. The summed E-state index contributed by atoms with van der Waals surface area (Å²) in [6.07, 6.45) is -0.863. The van der Waals surface area contributed by atoms with Crippen molar-refractivity contribution in [2.45, 2.75) is 12.5 Å². The average molecular weight is 366 g/mol. The second kappa shape index (κ2) is 7.89. The first-order chi connectivity index (χ1) is 13.0. The van der Waals surface area contributed by atoms with Crippen LogP contribution < -0.4 is 10.1 Å². The first-order valence-electron chi connectivity index (χ1n) is 8.35. The van der Waals surface area contributed by atoms with Crippen molar-refractivity contribution in [2.75, 3.05) is 19.0 Å². The highest BCUT2D eigenvalue weighted by molar-refractivity contribution is 6.04. The fourth-order valence-electron chi connectivity index (χ4n) is 2.90. The molecule has 1 amide bonds. The molecule has 2 aromatic carbocycles. The van der Waals surface area contributed by atoms with Crippen LogP contribution in [0, 0.1) is 17.2 Å². The average Bonchev–Trinajstić information content (AvgIpc) is 2.70. The normalized spacial score (nSPS) is 17.8. The smallest absolute Gasteiger partial charge is 0.306 e. The maximum absolute atomic E-state index is 12.4. The lowest BCUT2D eigenvalue weighted by Gasteiger charge is -2.30. The quantitative estimate of drug-likeness (QED) is 0.805. The van der Waals surface area contributed by atoms with Gasteiger partial charge in [-0.1, -0.05) is 0 Å². The van der Waals surface area contributed by atoms with Gasteiger partial charge in [0.05, 0.1) is 37.9 Å². The molecule has 1 heterocycles. The van der Waals surface area contributed by atoms with Crippen molar-refractivity contribution in [3.63, 3.8) is 0 Å². The monoisotopic (exact) mass is 366 g/mol. The van der Waals surface area contributed by atoms with E-state index in [1.165, 1.54) is 7.11 Å². The summed E-state index contributed by atoms with van der Waals surface area (Å²) in [5, 5.41) is 22.1. The molecule has 2 aromatic rings. The van der Waals surface area contributed by atoms with Crippen LogP contribution in [0.5, 0.6) is 5.75 Å². The molecule has 7 nitrogen and oxygen atoms in total. The first kappa shape index (κ1) is 18.4. The van der Waals surface area contributed by atoms with Gasteiger partial charge in [0, 0.05) is 22.7 Å². The van der Waals surface area contributed by atoms with Gasteiger partial charge in [0.2, 0.25) is 0 Å². The van der Waals surface area contributed by atoms with E-state index in [1.54, 1.807) is 42.5 Å². The summed E-state index contributed by atoms with van der Waals surface area (Å²) in [5.74, 6) is -0.664. The second-order valence-electron chi connectivity index (χ2n) is 6.19. The number of hydrogen-bond donors (Lipinski definition) is 2. The number of carbonyl (C=O) groups is 2. The number of anilines is 1. The van der Waals surface area contributed by atoms with E-state index in [-0.39, 0.29) is 18.9 Å². The minimum absolute atomic E-state index is 0.0406. The number of benzene rings is 2. The first-order valence-corrected chi connectivity index (χ1v) is 8.35. The highest BCUT2D eigenvalue weighted by atomic mass is 16.5. The van der Waals surface area contributed by atoms with Crippen LogP contribution in [-0.2, 0) is 9.53 Å². The van der Waals surface area contributed by atoms with Crippen molar-refractivity contribution in [1.29, 1.82) is 5.26 Å². The Morgan fingerprint density at radius 1 is 1.30 bits per heavy atom. The van der Waals surface area contributed by atoms with Crippen LogP contribution in [0.3, 0.4) is 0 Å². The molecule has 0 fully saturated rings. The number of methoxy groups -OCH3 is 1. The van der Waals surface area contributed by atoms with E-state index < -0.39 is 18.0 Å². The summed E-state index contributed by atoms with van der Waals surface area (Å²) < 4.78 is 10.3. The minimum atomic E-state index is -0.903. The number of rotatable bonds is 4. The second-order valence-corrected chi connectivity index (χ2v) is 6.19. The molecule has 0 aromatic heterocycles. The predicted molar refractivity (Wildman–Crippen MR) is 96.1 cm³/mol. The van der Waals surface area contributed by atoms with Crippen LogP contribution in [0.25, 0.3) is 0 Å². The minimum Gasteiger partial charge on any atom is -0.493 e. The van der Waals surface area contributed by atoms with Gasteiger partial charge < -0.3 is 19.9 Å².